The lowest BCUT2D eigenvalue weighted by Gasteiger charge is -2.30. The van der Waals surface area contributed by atoms with Crippen molar-refractivity contribution in [1.29, 1.82) is 0 Å². The number of anilines is 1. The van der Waals surface area contributed by atoms with Gasteiger partial charge in [0, 0.05) is 24.7 Å². The van der Waals surface area contributed by atoms with Gasteiger partial charge in [-0.15, -0.1) is 0 Å². The van der Waals surface area contributed by atoms with Crippen molar-refractivity contribution in [2.75, 3.05) is 18.4 Å². The molecule has 0 unspecified atom stereocenters. The van der Waals surface area contributed by atoms with Crippen molar-refractivity contribution in [2.24, 2.45) is 5.92 Å². The minimum atomic E-state index is -3.37. The van der Waals surface area contributed by atoms with Gasteiger partial charge in [0.2, 0.25) is 15.9 Å². The predicted molar refractivity (Wildman–Crippen MR) is 117 cm³/mol. The van der Waals surface area contributed by atoms with Crippen LogP contribution < -0.4 is 5.32 Å². The van der Waals surface area contributed by atoms with Crippen LogP contribution in [0, 0.1) is 12.8 Å². The lowest BCUT2D eigenvalue weighted by molar-refractivity contribution is -0.120. The molecule has 2 aromatic rings. The average Bonchev–Trinajstić information content (AvgIpc) is 2.68. The van der Waals surface area contributed by atoms with Gasteiger partial charge < -0.3 is 5.32 Å². The number of hydrogen-bond donors (Lipinski definition) is 1. The van der Waals surface area contributed by atoms with E-state index in [9.17, 15) is 13.2 Å². The highest BCUT2D eigenvalue weighted by Crippen LogP contribution is 2.24. The molecule has 1 N–H and O–H groups in total. The van der Waals surface area contributed by atoms with Gasteiger partial charge in [-0.2, -0.15) is 0 Å². The molecular weight excluding hydrogens is 384 g/mol. The highest BCUT2D eigenvalue weighted by Gasteiger charge is 2.31. The third kappa shape index (κ3) is 5.67. The molecule has 6 heteroatoms. The molecule has 0 spiro atoms. The van der Waals surface area contributed by atoms with Gasteiger partial charge in [0.15, 0.2) is 0 Å². The molecule has 0 bridgehead atoms. The summed E-state index contributed by atoms with van der Waals surface area (Å²) < 4.78 is 27.0. The van der Waals surface area contributed by atoms with Gasteiger partial charge in [-0.25, -0.2) is 12.7 Å². The van der Waals surface area contributed by atoms with Crippen molar-refractivity contribution >= 4 is 21.6 Å². The lowest BCUT2D eigenvalue weighted by Crippen LogP contribution is -2.41. The van der Waals surface area contributed by atoms with Crippen molar-refractivity contribution in [1.82, 2.24) is 4.31 Å². The molecule has 1 aliphatic heterocycles. The first-order valence-electron chi connectivity index (χ1n) is 10.2. The Hall–Kier alpha value is -2.18. The topological polar surface area (TPSA) is 66.5 Å². The molecule has 29 heavy (non-hydrogen) atoms. The van der Waals surface area contributed by atoms with Crippen LogP contribution in [0.2, 0.25) is 0 Å². The van der Waals surface area contributed by atoms with Gasteiger partial charge in [-0.1, -0.05) is 55.8 Å². The molecule has 1 aliphatic rings. The molecule has 156 valence electrons. The summed E-state index contributed by atoms with van der Waals surface area (Å²) >= 11 is 0. The molecule has 0 radical (unpaired) electrons. The molecule has 3 rings (SSSR count). The number of aryl methyl sites for hydroxylation is 1. The Morgan fingerprint density at radius 1 is 1.10 bits per heavy atom. The summed E-state index contributed by atoms with van der Waals surface area (Å²) in [5.74, 6) is 0.266. The van der Waals surface area contributed by atoms with Gasteiger partial charge in [-0.05, 0) is 48.9 Å². The number of nitrogens with one attached hydrogen (secondary N) is 1. The van der Waals surface area contributed by atoms with Crippen LogP contribution in [0.25, 0.3) is 0 Å². The van der Waals surface area contributed by atoms with Gasteiger partial charge in [-0.3, -0.25) is 4.79 Å². The number of nitrogens with zero attached hydrogens (tertiary/aromatic N) is 1. The van der Waals surface area contributed by atoms with E-state index in [0.717, 1.165) is 16.8 Å². The Kier molecular flexibility index (Phi) is 6.75. The summed E-state index contributed by atoms with van der Waals surface area (Å²) in [5.41, 5.74) is 3.87. The smallest absolute Gasteiger partial charge is 0.227 e. The van der Waals surface area contributed by atoms with Crippen molar-refractivity contribution in [3.05, 3.63) is 65.2 Å². The van der Waals surface area contributed by atoms with Crippen LogP contribution in [0.5, 0.6) is 0 Å². The Labute approximate surface area is 174 Å². The summed E-state index contributed by atoms with van der Waals surface area (Å²) in [7, 11) is -3.37. The largest absolute Gasteiger partial charge is 0.326 e. The molecule has 5 nitrogen and oxygen atoms in total. The number of sulfonamides is 1. The number of piperidine rings is 1. The third-order valence-corrected chi connectivity index (χ3v) is 7.34. The maximum atomic E-state index is 12.7. The van der Waals surface area contributed by atoms with Crippen molar-refractivity contribution < 1.29 is 13.2 Å². The van der Waals surface area contributed by atoms with Crippen LogP contribution in [-0.2, 0) is 20.6 Å². The van der Waals surface area contributed by atoms with E-state index in [4.69, 9.17) is 0 Å². The molecule has 1 fully saturated rings. The van der Waals surface area contributed by atoms with Gasteiger partial charge in [0.05, 0.1) is 5.75 Å². The zero-order valence-electron chi connectivity index (χ0n) is 17.4. The lowest BCUT2D eigenvalue weighted by atomic mass is 9.97. The molecule has 0 atom stereocenters. The third-order valence-electron chi connectivity index (χ3n) is 5.49. The van der Waals surface area contributed by atoms with E-state index < -0.39 is 10.0 Å². The molecule has 1 amide bonds. The molecule has 2 aromatic carbocycles. The highest BCUT2D eigenvalue weighted by atomic mass is 32.2. The van der Waals surface area contributed by atoms with E-state index in [1.165, 1.54) is 9.87 Å². The minimum absolute atomic E-state index is 0.00768. The normalized spacial score (nSPS) is 16.1. The second kappa shape index (κ2) is 9.09. The minimum Gasteiger partial charge on any atom is -0.326 e. The summed E-state index contributed by atoms with van der Waals surface area (Å²) in [6.07, 6.45) is 1.09. The quantitative estimate of drug-likeness (QED) is 0.766. The van der Waals surface area contributed by atoms with E-state index in [1.807, 2.05) is 55.5 Å². The second-order valence-electron chi connectivity index (χ2n) is 8.18. The molecule has 1 heterocycles. The standard InChI is InChI=1S/C23H30N2O3S/c1-17(2)20-7-9-22(10-8-20)24-23(26)21-11-13-25(14-12-21)29(27,28)16-19-6-4-5-18(3)15-19/h4-10,15,17,21H,11-14,16H2,1-3H3,(H,24,26). The fourth-order valence-electron chi connectivity index (χ4n) is 3.70. The zero-order chi connectivity index (χ0) is 21.0. The molecule has 0 aromatic heterocycles. The first-order chi connectivity index (χ1) is 13.7. The fourth-order valence-corrected chi connectivity index (χ4v) is 5.25. The van der Waals surface area contributed by atoms with Crippen LogP contribution in [0.4, 0.5) is 5.69 Å². The van der Waals surface area contributed by atoms with Gasteiger partial charge in [0.1, 0.15) is 0 Å². The summed E-state index contributed by atoms with van der Waals surface area (Å²) in [6, 6.07) is 15.5. The van der Waals surface area contributed by atoms with Crippen LogP contribution in [0.1, 0.15) is 49.3 Å². The Morgan fingerprint density at radius 3 is 2.34 bits per heavy atom. The monoisotopic (exact) mass is 414 g/mol. The summed E-state index contributed by atoms with van der Waals surface area (Å²) in [4.78, 5) is 12.6. The average molecular weight is 415 g/mol. The van der Waals surface area contributed by atoms with Gasteiger partial charge in [0.25, 0.3) is 0 Å². The van der Waals surface area contributed by atoms with Crippen LogP contribution in [-0.4, -0.2) is 31.7 Å². The second-order valence-corrected chi connectivity index (χ2v) is 10.2. The van der Waals surface area contributed by atoms with Crippen molar-refractivity contribution in [3.8, 4) is 0 Å². The first-order valence-corrected chi connectivity index (χ1v) is 11.8. The predicted octanol–water partition coefficient (Wildman–Crippen LogP) is 4.30. The highest BCUT2D eigenvalue weighted by molar-refractivity contribution is 7.88. The Balaban J connectivity index is 1.54. The number of carbonyl (C=O) groups excluding carboxylic acids is 1. The van der Waals surface area contributed by atoms with E-state index in [2.05, 4.69) is 19.2 Å². The number of carbonyl (C=O) groups is 1. The fraction of sp³-hybridized carbons (Fsp3) is 0.435. The van der Waals surface area contributed by atoms with E-state index in [0.29, 0.717) is 31.8 Å². The Morgan fingerprint density at radius 2 is 1.76 bits per heavy atom. The number of amides is 1. The number of rotatable bonds is 6. The number of benzene rings is 2. The van der Waals surface area contributed by atoms with E-state index >= 15 is 0 Å². The van der Waals surface area contributed by atoms with E-state index in [-0.39, 0.29) is 17.6 Å². The van der Waals surface area contributed by atoms with Crippen molar-refractivity contribution in [3.63, 3.8) is 0 Å². The number of hydrogen-bond acceptors (Lipinski definition) is 3. The van der Waals surface area contributed by atoms with Gasteiger partial charge >= 0.3 is 0 Å². The summed E-state index contributed by atoms with van der Waals surface area (Å²) in [5, 5.41) is 2.97. The Bertz CT molecular complexity index is 944. The molecule has 1 saturated heterocycles. The first kappa shape index (κ1) is 21.5. The van der Waals surface area contributed by atoms with Crippen LogP contribution in [0.15, 0.2) is 48.5 Å². The molecular formula is C23H30N2O3S. The molecule has 0 saturated carbocycles. The zero-order valence-corrected chi connectivity index (χ0v) is 18.2. The molecule has 0 aliphatic carbocycles. The van der Waals surface area contributed by atoms with Crippen LogP contribution >= 0.6 is 0 Å². The maximum Gasteiger partial charge on any atom is 0.227 e. The maximum absolute atomic E-state index is 12.7. The van der Waals surface area contributed by atoms with Crippen LogP contribution in [0.3, 0.4) is 0 Å². The van der Waals surface area contributed by atoms with E-state index in [1.54, 1.807) is 0 Å². The SMILES string of the molecule is Cc1cccc(CS(=O)(=O)N2CCC(C(=O)Nc3ccc(C(C)C)cc3)CC2)c1. The van der Waals surface area contributed by atoms with Crippen molar-refractivity contribution in [2.45, 2.75) is 45.3 Å². The summed E-state index contributed by atoms with van der Waals surface area (Å²) in [6.45, 7) is 7.00.